The zero-order valence-electron chi connectivity index (χ0n) is 6.89. The quantitative estimate of drug-likeness (QED) is 0.654. The monoisotopic (exact) mass is 151 g/mol. The molecule has 60 valence electrons. The van der Waals surface area contributed by atoms with Crippen LogP contribution in [-0.4, -0.2) is 12.0 Å². The van der Waals surface area contributed by atoms with Crippen LogP contribution in [0, 0.1) is 6.92 Å². The number of pyridine rings is 1. The number of nitrogens with one attached hydrogen (secondary N) is 1. The van der Waals surface area contributed by atoms with Gasteiger partial charge < -0.3 is 11.1 Å². The second-order valence-electron chi connectivity index (χ2n) is 2.57. The predicted octanol–water partition coefficient (Wildman–Crippen LogP) is 0.692. The smallest absolute Gasteiger partial charge is 0.123 e. The average molecular weight is 151 g/mol. The molecular formula is C8H13N3. The van der Waals surface area contributed by atoms with Crippen molar-refractivity contribution in [1.29, 1.82) is 0 Å². The van der Waals surface area contributed by atoms with Crippen LogP contribution >= 0.6 is 0 Å². The molecule has 1 aromatic rings. The van der Waals surface area contributed by atoms with Gasteiger partial charge in [-0.3, -0.25) is 0 Å². The summed E-state index contributed by atoms with van der Waals surface area (Å²) in [5.41, 5.74) is 7.70. The highest BCUT2D eigenvalue weighted by Gasteiger charge is 1.94. The molecule has 0 aliphatic rings. The lowest BCUT2D eigenvalue weighted by Crippen LogP contribution is -2.06. The molecule has 11 heavy (non-hydrogen) atoms. The Labute approximate surface area is 66.6 Å². The van der Waals surface area contributed by atoms with Crippen molar-refractivity contribution >= 4 is 5.82 Å². The van der Waals surface area contributed by atoms with E-state index < -0.39 is 0 Å². The molecule has 3 nitrogen and oxygen atoms in total. The molecule has 0 aliphatic carbocycles. The van der Waals surface area contributed by atoms with Crippen molar-refractivity contribution in [2.45, 2.75) is 13.5 Å². The van der Waals surface area contributed by atoms with Crippen molar-refractivity contribution in [3.8, 4) is 0 Å². The van der Waals surface area contributed by atoms with Gasteiger partial charge in [-0.05, 0) is 31.7 Å². The number of nitrogens with zero attached hydrogens (tertiary/aromatic N) is 1. The van der Waals surface area contributed by atoms with Gasteiger partial charge in [-0.15, -0.1) is 0 Å². The summed E-state index contributed by atoms with van der Waals surface area (Å²) < 4.78 is 0. The van der Waals surface area contributed by atoms with Gasteiger partial charge in [0.2, 0.25) is 0 Å². The van der Waals surface area contributed by atoms with E-state index in [1.165, 1.54) is 5.56 Å². The van der Waals surface area contributed by atoms with Crippen molar-refractivity contribution in [2.75, 3.05) is 12.8 Å². The maximum Gasteiger partial charge on any atom is 0.123 e. The highest BCUT2D eigenvalue weighted by Crippen LogP contribution is 2.05. The van der Waals surface area contributed by atoms with Crippen LogP contribution in [0.15, 0.2) is 12.1 Å². The minimum Gasteiger partial charge on any atom is -0.384 e. The summed E-state index contributed by atoms with van der Waals surface area (Å²) in [6.07, 6.45) is 0. The number of nitrogens with two attached hydrogens (primary N) is 1. The molecule has 0 amide bonds. The van der Waals surface area contributed by atoms with Gasteiger partial charge in [0.05, 0.1) is 0 Å². The molecule has 0 unspecified atom stereocenters. The zero-order chi connectivity index (χ0) is 8.27. The number of aryl methyl sites for hydroxylation is 1. The Morgan fingerprint density at radius 1 is 1.55 bits per heavy atom. The van der Waals surface area contributed by atoms with Gasteiger partial charge >= 0.3 is 0 Å². The van der Waals surface area contributed by atoms with E-state index in [-0.39, 0.29) is 0 Å². The highest BCUT2D eigenvalue weighted by atomic mass is 14.8. The Morgan fingerprint density at radius 3 is 2.82 bits per heavy atom. The van der Waals surface area contributed by atoms with E-state index in [9.17, 15) is 0 Å². The van der Waals surface area contributed by atoms with Crippen molar-refractivity contribution < 1.29 is 0 Å². The first kappa shape index (κ1) is 8.01. The molecule has 0 spiro atoms. The predicted molar refractivity (Wildman–Crippen MR) is 46.2 cm³/mol. The molecule has 3 N–H and O–H groups in total. The molecule has 0 bridgehead atoms. The van der Waals surface area contributed by atoms with Gasteiger partial charge in [0, 0.05) is 12.2 Å². The highest BCUT2D eigenvalue weighted by molar-refractivity contribution is 5.34. The summed E-state index contributed by atoms with van der Waals surface area (Å²) in [5, 5.41) is 3.06. The Kier molecular flexibility index (Phi) is 2.44. The van der Waals surface area contributed by atoms with Crippen LogP contribution in [-0.2, 0) is 6.54 Å². The van der Waals surface area contributed by atoms with Gasteiger partial charge in [-0.25, -0.2) is 4.98 Å². The number of hydrogen-bond donors (Lipinski definition) is 2. The van der Waals surface area contributed by atoms with Crippen molar-refractivity contribution in [3.05, 3.63) is 23.4 Å². The van der Waals surface area contributed by atoms with E-state index in [0.29, 0.717) is 5.82 Å². The Bertz CT molecular complexity index is 225. The standard InChI is InChI=1S/C8H13N3/c1-6-3-7(5-10-2)4-8(9)11-6/h3-4,10H,5H2,1-2H3,(H2,9,11). The van der Waals surface area contributed by atoms with E-state index in [1.54, 1.807) is 0 Å². The summed E-state index contributed by atoms with van der Waals surface area (Å²) >= 11 is 0. The summed E-state index contributed by atoms with van der Waals surface area (Å²) in [6.45, 7) is 2.78. The lowest BCUT2D eigenvalue weighted by Gasteiger charge is -2.02. The number of rotatable bonds is 2. The SMILES string of the molecule is CNCc1cc(C)nc(N)c1. The van der Waals surface area contributed by atoms with Crippen LogP contribution < -0.4 is 11.1 Å². The fourth-order valence-corrected chi connectivity index (χ4v) is 1.07. The largest absolute Gasteiger partial charge is 0.384 e. The van der Waals surface area contributed by atoms with E-state index in [1.807, 2.05) is 26.1 Å². The minimum atomic E-state index is 0.593. The fourth-order valence-electron chi connectivity index (χ4n) is 1.07. The summed E-state index contributed by atoms with van der Waals surface area (Å²) in [7, 11) is 1.91. The minimum absolute atomic E-state index is 0.593. The molecule has 3 heteroatoms. The third-order valence-electron chi connectivity index (χ3n) is 1.41. The van der Waals surface area contributed by atoms with E-state index in [0.717, 1.165) is 12.2 Å². The van der Waals surface area contributed by atoms with Gasteiger partial charge in [-0.2, -0.15) is 0 Å². The normalized spacial score (nSPS) is 10.0. The lowest BCUT2D eigenvalue weighted by molar-refractivity contribution is 0.815. The third kappa shape index (κ3) is 2.20. The average Bonchev–Trinajstić information content (AvgIpc) is 1.85. The number of aromatic nitrogens is 1. The second kappa shape index (κ2) is 3.34. The molecule has 0 aromatic carbocycles. The lowest BCUT2D eigenvalue weighted by atomic mass is 10.2. The van der Waals surface area contributed by atoms with Gasteiger partial charge in [0.15, 0.2) is 0 Å². The topological polar surface area (TPSA) is 50.9 Å². The molecule has 0 saturated heterocycles. The Hall–Kier alpha value is -1.09. The first-order valence-electron chi connectivity index (χ1n) is 3.60. The van der Waals surface area contributed by atoms with Crippen molar-refractivity contribution in [3.63, 3.8) is 0 Å². The molecule has 0 fully saturated rings. The summed E-state index contributed by atoms with van der Waals surface area (Å²) in [5.74, 6) is 0.593. The first-order chi connectivity index (χ1) is 5.22. The van der Waals surface area contributed by atoms with Crippen LogP contribution in [0.1, 0.15) is 11.3 Å². The number of anilines is 1. The molecule has 0 radical (unpaired) electrons. The maximum atomic E-state index is 5.55. The van der Waals surface area contributed by atoms with Gasteiger partial charge in [0.25, 0.3) is 0 Å². The molecule has 0 saturated carbocycles. The van der Waals surface area contributed by atoms with E-state index >= 15 is 0 Å². The van der Waals surface area contributed by atoms with E-state index in [2.05, 4.69) is 10.3 Å². The van der Waals surface area contributed by atoms with Gasteiger partial charge in [-0.1, -0.05) is 0 Å². The summed E-state index contributed by atoms with van der Waals surface area (Å²) in [4.78, 5) is 4.07. The number of nitrogen functional groups attached to an aromatic ring is 1. The Balaban J connectivity index is 2.89. The molecule has 1 heterocycles. The first-order valence-corrected chi connectivity index (χ1v) is 3.60. The van der Waals surface area contributed by atoms with Crippen LogP contribution in [0.25, 0.3) is 0 Å². The Morgan fingerprint density at radius 2 is 2.27 bits per heavy atom. The number of hydrogen-bond acceptors (Lipinski definition) is 3. The third-order valence-corrected chi connectivity index (χ3v) is 1.41. The van der Waals surface area contributed by atoms with Crippen LogP contribution in [0.3, 0.4) is 0 Å². The van der Waals surface area contributed by atoms with E-state index in [4.69, 9.17) is 5.73 Å². The van der Waals surface area contributed by atoms with Crippen LogP contribution in [0.2, 0.25) is 0 Å². The molecular weight excluding hydrogens is 138 g/mol. The van der Waals surface area contributed by atoms with Crippen LogP contribution in [0.4, 0.5) is 5.82 Å². The molecule has 0 atom stereocenters. The van der Waals surface area contributed by atoms with Crippen molar-refractivity contribution in [1.82, 2.24) is 10.3 Å². The molecule has 1 aromatic heterocycles. The zero-order valence-corrected chi connectivity index (χ0v) is 6.89. The summed E-state index contributed by atoms with van der Waals surface area (Å²) in [6, 6.07) is 3.90. The van der Waals surface area contributed by atoms with Crippen LogP contribution in [0.5, 0.6) is 0 Å². The molecule has 1 rings (SSSR count). The molecule has 0 aliphatic heterocycles. The maximum absolute atomic E-state index is 5.55. The fraction of sp³-hybridized carbons (Fsp3) is 0.375. The van der Waals surface area contributed by atoms with Gasteiger partial charge in [0.1, 0.15) is 5.82 Å². The van der Waals surface area contributed by atoms with Crippen molar-refractivity contribution in [2.24, 2.45) is 0 Å². The second-order valence-corrected chi connectivity index (χ2v) is 2.57.